The van der Waals surface area contributed by atoms with Crippen molar-refractivity contribution in [3.63, 3.8) is 0 Å². The van der Waals surface area contributed by atoms with Crippen LogP contribution in [0.5, 0.6) is 0 Å². The SMILES string of the molecule is C=C(C)C(=O)OC=C1CC(=O)NC1=O. The molecule has 0 aliphatic carbocycles. The predicted octanol–water partition coefficient (Wildman–Crippen LogP) is 0.0361. The van der Waals surface area contributed by atoms with E-state index in [-0.39, 0.29) is 17.6 Å². The molecule has 5 heteroatoms. The van der Waals surface area contributed by atoms with E-state index in [0.29, 0.717) is 0 Å². The maximum Gasteiger partial charge on any atom is 0.337 e. The molecule has 0 radical (unpaired) electrons. The first kappa shape index (κ1) is 10.2. The van der Waals surface area contributed by atoms with E-state index in [0.717, 1.165) is 6.26 Å². The fourth-order valence-electron chi connectivity index (χ4n) is 0.825. The van der Waals surface area contributed by atoms with Crippen molar-refractivity contribution >= 4 is 17.8 Å². The number of carbonyl (C=O) groups is 3. The molecule has 2 amide bonds. The van der Waals surface area contributed by atoms with Crippen LogP contribution in [0.4, 0.5) is 0 Å². The van der Waals surface area contributed by atoms with Gasteiger partial charge in [-0.25, -0.2) is 4.79 Å². The fourth-order valence-corrected chi connectivity index (χ4v) is 0.825. The quantitative estimate of drug-likeness (QED) is 0.292. The molecule has 5 nitrogen and oxygen atoms in total. The van der Waals surface area contributed by atoms with Crippen LogP contribution in [-0.2, 0) is 19.1 Å². The smallest absolute Gasteiger partial charge is 0.337 e. The first-order chi connectivity index (χ1) is 6.50. The molecule has 1 aliphatic rings. The van der Waals surface area contributed by atoms with E-state index < -0.39 is 17.8 Å². The monoisotopic (exact) mass is 195 g/mol. The molecule has 0 unspecified atom stereocenters. The molecule has 0 aromatic carbocycles. The molecule has 0 aromatic heterocycles. The van der Waals surface area contributed by atoms with Crippen LogP contribution in [0.25, 0.3) is 0 Å². The molecule has 1 aliphatic heterocycles. The van der Waals surface area contributed by atoms with Crippen molar-refractivity contribution in [3.8, 4) is 0 Å². The van der Waals surface area contributed by atoms with Crippen LogP contribution in [-0.4, -0.2) is 17.8 Å². The van der Waals surface area contributed by atoms with E-state index >= 15 is 0 Å². The van der Waals surface area contributed by atoms with Crippen molar-refractivity contribution in [1.82, 2.24) is 5.32 Å². The molecule has 1 fully saturated rings. The summed E-state index contributed by atoms with van der Waals surface area (Å²) >= 11 is 0. The van der Waals surface area contributed by atoms with Crippen molar-refractivity contribution in [2.45, 2.75) is 13.3 Å². The minimum atomic E-state index is -0.621. The Bertz CT molecular complexity index is 354. The highest BCUT2D eigenvalue weighted by Crippen LogP contribution is 2.09. The van der Waals surface area contributed by atoms with E-state index in [1.165, 1.54) is 6.92 Å². The molecule has 0 saturated carbocycles. The maximum atomic E-state index is 11.0. The first-order valence-corrected chi connectivity index (χ1v) is 3.90. The third-order valence-electron chi connectivity index (χ3n) is 1.55. The summed E-state index contributed by atoms with van der Waals surface area (Å²) in [5.74, 6) is -1.54. The number of amides is 2. The summed E-state index contributed by atoms with van der Waals surface area (Å²) in [5.41, 5.74) is 0.371. The molecular weight excluding hydrogens is 186 g/mol. The van der Waals surface area contributed by atoms with Gasteiger partial charge in [0.25, 0.3) is 5.91 Å². The average Bonchev–Trinajstić information content (AvgIpc) is 2.40. The molecule has 0 spiro atoms. The third kappa shape index (κ3) is 2.29. The number of nitrogens with one attached hydrogen (secondary N) is 1. The Morgan fingerprint density at radius 2 is 2.21 bits per heavy atom. The Morgan fingerprint density at radius 1 is 1.57 bits per heavy atom. The van der Waals surface area contributed by atoms with E-state index in [9.17, 15) is 14.4 Å². The van der Waals surface area contributed by atoms with Crippen molar-refractivity contribution in [3.05, 3.63) is 24.0 Å². The van der Waals surface area contributed by atoms with Gasteiger partial charge in [0, 0.05) is 5.57 Å². The van der Waals surface area contributed by atoms with Crippen molar-refractivity contribution in [1.29, 1.82) is 0 Å². The van der Waals surface area contributed by atoms with Gasteiger partial charge >= 0.3 is 5.97 Å². The molecule has 1 saturated heterocycles. The van der Waals surface area contributed by atoms with Crippen LogP contribution in [0.3, 0.4) is 0 Å². The van der Waals surface area contributed by atoms with Crippen LogP contribution in [0, 0.1) is 0 Å². The van der Waals surface area contributed by atoms with Gasteiger partial charge in [0.2, 0.25) is 5.91 Å². The van der Waals surface area contributed by atoms with E-state index in [1.54, 1.807) is 0 Å². The lowest BCUT2D eigenvalue weighted by atomic mass is 10.2. The van der Waals surface area contributed by atoms with Gasteiger partial charge in [0.15, 0.2) is 0 Å². The Morgan fingerprint density at radius 3 is 2.64 bits per heavy atom. The molecule has 0 aromatic rings. The standard InChI is InChI=1S/C9H9NO4/c1-5(2)9(13)14-4-6-3-7(11)10-8(6)12/h4H,1,3H2,2H3,(H,10,11,12). The van der Waals surface area contributed by atoms with Crippen molar-refractivity contribution in [2.75, 3.05) is 0 Å². The molecule has 0 bridgehead atoms. The summed E-state index contributed by atoms with van der Waals surface area (Å²) in [6, 6.07) is 0. The van der Waals surface area contributed by atoms with Crippen LogP contribution < -0.4 is 5.32 Å². The molecule has 14 heavy (non-hydrogen) atoms. The van der Waals surface area contributed by atoms with Crippen LogP contribution in [0.1, 0.15) is 13.3 Å². The second kappa shape index (κ2) is 3.87. The van der Waals surface area contributed by atoms with Gasteiger partial charge in [-0.3, -0.25) is 14.9 Å². The van der Waals surface area contributed by atoms with Crippen molar-refractivity contribution in [2.24, 2.45) is 0 Å². The number of hydrogen-bond acceptors (Lipinski definition) is 4. The number of rotatable bonds is 2. The summed E-state index contributed by atoms with van der Waals surface area (Å²) in [6.45, 7) is 4.85. The van der Waals surface area contributed by atoms with Gasteiger partial charge in [-0.2, -0.15) is 0 Å². The molecule has 74 valence electrons. The minimum absolute atomic E-state index is 0.0533. The number of hydrogen-bond donors (Lipinski definition) is 1. The second-order valence-electron chi connectivity index (χ2n) is 2.88. The van der Waals surface area contributed by atoms with Gasteiger partial charge in [-0.15, -0.1) is 0 Å². The highest BCUT2D eigenvalue weighted by atomic mass is 16.5. The first-order valence-electron chi connectivity index (χ1n) is 3.90. The molecule has 1 N–H and O–H groups in total. The summed E-state index contributed by atoms with van der Waals surface area (Å²) < 4.78 is 4.59. The normalized spacial score (nSPS) is 18.2. The van der Waals surface area contributed by atoms with Crippen LogP contribution in [0.15, 0.2) is 24.0 Å². The number of esters is 1. The summed E-state index contributed by atoms with van der Waals surface area (Å²) in [5, 5.41) is 2.06. The Kier molecular flexibility index (Phi) is 2.81. The summed E-state index contributed by atoms with van der Waals surface area (Å²) in [7, 11) is 0. The molecule has 1 rings (SSSR count). The zero-order valence-corrected chi connectivity index (χ0v) is 7.62. The van der Waals surface area contributed by atoms with Crippen molar-refractivity contribution < 1.29 is 19.1 Å². The highest BCUT2D eigenvalue weighted by Gasteiger charge is 2.24. The topological polar surface area (TPSA) is 72.5 Å². The summed E-state index contributed by atoms with van der Waals surface area (Å²) in [4.78, 5) is 32.6. The maximum absolute atomic E-state index is 11.0. The number of ether oxygens (including phenoxy) is 1. The minimum Gasteiger partial charge on any atom is -0.431 e. The fraction of sp³-hybridized carbons (Fsp3) is 0.222. The van der Waals surface area contributed by atoms with E-state index in [4.69, 9.17) is 0 Å². The lowest BCUT2D eigenvalue weighted by Crippen LogP contribution is -2.19. The largest absolute Gasteiger partial charge is 0.431 e. The summed E-state index contributed by atoms with van der Waals surface area (Å²) in [6.07, 6.45) is 0.930. The molecular formula is C9H9NO4. The lowest BCUT2D eigenvalue weighted by molar-refractivity contribution is -0.133. The van der Waals surface area contributed by atoms with Gasteiger partial charge in [-0.1, -0.05) is 6.58 Å². The van der Waals surface area contributed by atoms with Crippen LogP contribution in [0.2, 0.25) is 0 Å². The highest BCUT2D eigenvalue weighted by molar-refractivity contribution is 6.13. The van der Waals surface area contributed by atoms with Gasteiger partial charge in [0.05, 0.1) is 12.0 Å². The Labute approximate surface area is 80.4 Å². The number of imide groups is 1. The van der Waals surface area contributed by atoms with E-state index in [1.807, 2.05) is 0 Å². The third-order valence-corrected chi connectivity index (χ3v) is 1.55. The number of carbonyl (C=O) groups excluding carboxylic acids is 3. The average molecular weight is 195 g/mol. The van der Waals surface area contributed by atoms with Crippen LogP contribution >= 0.6 is 0 Å². The Balaban J connectivity index is 2.62. The second-order valence-corrected chi connectivity index (χ2v) is 2.88. The van der Waals surface area contributed by atoms with E-state index in [2.05, 4.69) is 16.6 Å². The molecule has 1 heterocycles. The Hall–Kier alpha value is -1.91. The molecule has 0 atom stereocenters. The van der Waals surface area contributed by atoms with Gasteiger partial charge < -0.3 is 4.74 Å². The zero-order chi connectivity index (χ0) is 10.7. The predicted molar refractivity (Wildman–Crippen MR) is 46.8 cm³/mol. The van der Waals surface area contributed by atoms with Gasteiger partial charge in [-0.05, 0) is 6.92 Å². The lowest BCUT2D eigenvalue weighted by Gasteiger charge is -1.97. The van der Waals surface area contributed by atoms with Gasteiger partial charge in [0.1, 0.15) is 6.26 Å². The zero-order valence-electron chi connectivity index (χ0n) is 7.62.